The van der Waals surface area contributed by atoms with Crippen molar-refractivity contribution in [2.45, 2.75) is 45.5 Å². The Morgan fingerprint density at radius 3 is 2.55 bits per heavy atom. The van der Waals surface area contributed by atoms with Gasteiger partial charge in [-0.3, -0.25) is 9.59 Å². The van der Waals surface area contributed by atoms with Crippen LogP contribution < -0.4 is 5.32 Å². The molecule has 3 rings (SSSR count). The van der Waals surface area contributed by atoms with E-state index < -0.39 is 17.8 Å². The highest BCUT2D eigenvalue weighted by atomic mass is 32.2. The van der Waals surface area contributed by atoms with Crippen LogP contribution in [-0.4, -0.2) is 33.9 Å². The lowest BCUT2D eigenvalue weighted by atomic mass is 10.1. The van der Waals surface area contributed by atoms with E-state index in [1.54, 1.807) is 28.8 Å². The molecule has 1 aliphatic rings. The fourth-order valence-electron chi connectivity index (χ4n) is 3.44. The van der Waals surface area contributed by atoms with Crippen molar-refractivity contribution in [2.75, 3.05) is 11.1 Å². The third-order valence-electron chi connectivity index (χ3n) is 5.18. The van der Waals surface area contributed by atoms with Gasteiger partial charge in [0, 0.05) is 11.4 Å². The number of carbonyl (C=O) groups excluding carboxylic acids is 2. The first kappa shape index (κ1) is 21.4. The summed E-state index contributed by atoms with van der Waals surface area (Å²) in [5, 5.41) is 2.78. The molecule has 2 aromatic carbocycles. The van der Waals surface area contributed by atoms with Gasteiger partial charge in [-0.1, -0.05) is 32.0 Å². The number of amides is 2. The summed E-state index contributed by atoms with van der Waals surface area (Å²) in [6, 6.07) is 11.0. The largest absolute Gasteiger partial charge is 0.324 e. The van der Waals surface area contributed by atoms with Gasteiger partial charge in [0.15, 0.2) is 0 Å². The Morgan fingerprint density at radius 2 is 1.90 bits per heavy atom. The normalized spacial score (nSPS) is 18.9. The lowest BCUT2D eigenvalue weighted by Crippen LogP contribution is -2.48. The van der Waals surface area contributed by atoms with Gasteiger partial charge in [-0.25, -0.2) is 4.39 Å². The van der Waals surface area contributed by atoms with E-state index in [2.05, 4.69) is 19.2 Å². The molecule has 1 saturated heterocycles. The molecule has 1 heterocycles. The van der Waals surface area contributed by atoms with E-state index >= 15 is 0 Å². The van der Waals surface area contributed by atoms with Gasteiger partial charge >= 0.3 is 0 Å². The first-order valence-corrected chi connectivity index (χ1v) is 10.9. The molecule has 1 fully saturated rings. The van der Waals surface area contributed by atoms with Crippen LogP contribution in [0, 0.1) is 25.6 Å². The molecule has 2 amide bonds. The Bertz CT molecular complexity index is 916. The molecule has 0 spiro atoms. The second kappa shape index (κ2) is 8.99. The van der Waals surface area contributed by atoms with Crippen molar-refractivity contribution in [3.05, 3.63) is 65.0 Å². The topological polar surface area (TPSA) is 49.4 Å². The predicted molar refractivity (Wildman–Crippen MR) is 117 cm³/mol. The van der Waals surface area contributed by atoms with Gasteiger partial charge in [0.25, 0.3) is 5.91 Å². The average Bonchev–Trinajstić information content (AvgIpc) is 3.07. The number of benzene rings is 2. The van der Waals surface area contributed by atoms with E-state index in [9.17, 15) is 14.0 Å². The van der Waals surface area contributed by atoms with Crippen LogP contribution in [0.5, 0.6) is 0 Å². The van der Waals surface area contributed by atoms with Gasteiger partial charge < -0.3 is 10.2 Å². The van der Waals surface area contributed by atoms with Gasteiger partial charge in [0.1, 0.15) is 11.9 Å². The Balaban J connectivity index is 1.87. The molecular weight excluding hydrogens is 387 g/mol. The van der Waals surface area contributed by atoms with Crippen molar-refractivity contribution >= 4 is 29.3 Å². The molecule has 6 heteroatoms. The number of aryl methyl sites for hydroxylation is 2. The first-order chi connectivity index (χ1) is 13.8. The summed E-state index contributed by atoms with van der Waals surface area (Å²) in [5.41, 5.74) is 2.94. The predicted octanol–water partition coefficient (Wildman–Crippen LogP) is 5.01. The molecule has 0 radical (unpaired) electrons. The second-order valence-electron chi connectivity index (χ2n) is 7.91. The fourth-order valence-corrected chi connectivity index (χ4v) is 5.08. The van der Waals surface area contributed by atoms with Crippen molar-refractivity contribution in [3.63, 3.8) is 0 Å². The molecule has 0 saturated carbocycles. The number of halogens is 1. The molecule has 0 bridgehead atoms. The van der Waals surface area contributed by atoms with Crippen molar-refractivity contribution in [3.8, 4) is 0 Å². The Hall–Kier alpha value is -2.34. The monoisotopic (exact) mass is 414 g/mol. The van der Waals surface area contributed by atoms with Crippen LogP contribution in [0.15, 0.2) is 42.5 Å². The van der Waals surface area contributed by atoms with E-state index in [1.807, 2.05) is 32.0 Å². The minimum atomic E-state index is -0.641. The maximum atomic E-state index is 14.3. The zero-order valence-corrected chi connectivity index (χ0v) is 18.1. The Kier molecular flexibility index (Phi) is 6.63. The van der Waals surface area contributed by atoms with Crippen LogP contribution in [0.4, 0.5) is 10.1 Å². The minimum Gasteiger partial charge on any atom is -0.324 e. The SMILES string of the molecule is Cc1ccc(NC(=O)C2CSC(CC(C)C)N2C(=O)c2ccccc2F)cc1C. The van der Waals surface area contributed by atoms with E-state index in [1.165, 1.54) is 12.1 Å². The van der Waals surface area contributed by atoms with E-state index in [4.69, 9.17) is 0 Å². The lowest BCUT2D eigenvalue weighted by Gasteiger charge is -2.30. The van der Waals surface area contributed by atoms with Crippen molar-refractivity contribution in [2.24, 2.45) is 5.92 Å². The highest BCUT2D eigenvalue weighted by molar-refractivity contribution is 8.00. The lowest BCUT2D eigenvalue weighted by molar-refractivity contribution is -0.119. The summed E-state index contributed by atoms with van der Waals surface area (Å²) in [7, 11) is 0. The smallest absolute Gasteiger partial charge is 0.258 e. The molecule has 29 heavy (non-hydrogen) atoms. The van der Waals surface area contributed by atoms with Gasteiger partial charge in [-0.2, -0.15) is 0 Å². The number of hydrogen-bond acceptors (Lipinski definition) is 3. The van der Waals surface area contributed by atoms with Crippen LogP contribution in [0.3, 0.4) is 0 Å². The second-order valence-corrected chi connectivity index (χ2v) is 9.12. The van der Waals surface area contributed by atoms with Crippen LogP contribution in [0.2, 0.25) is 0 Å². The maximum Gasteiger partial charge on any atom is 0.258 e. The molecule has 2 atom stereocenters. The summed E-state index contributed by atoms with van der Waals surface area (Å²) in [6.07, 6.45) is 0.748. The summed E-state index contributed by atoms with van der Waals surface area (Å²) >= 11 is 1.58. The molecule has 4 nitrogen and oxygen atoms in total. The molecule has 2 aromatic rings. The number of nitrogens with one attached hydrogen (secondary N) is 1. The summed E-state index contributed by atoms with van der Waals surface area (Å²) in [6.45, 7) is 8.16. The standard InChI is InChI=1S/C23H27FN2O2S/c1-14(2)11-21-26(23(28)18-7-5-6-8-19(18)24)20(13-29-21)22(27)25-17-10-9-15(3)16(4)12-17/h5-10,12,14,20-21H,11,13H2,1-4H3,(H,25,27). The number of carbonyl (C=O) groups is 2. The third kappa shape index (κ3) is 4.81. The third-order valence-corrected chi connectivity index (χ3v) is 6.49. The molecule has 1 aliphatic heterocycles. The number of hydrogen-bond donors (Lipinski definition) is 1. The number of thioether (sulfide) groups is 1. The molecule has 154 valence electrons. The summed E-state index contributed by atoms with van der Waals surface area (Å²) in [5.74, 6) is -0.388. The molecule has 0 aliphatic carbocycles. The summed E-state index contributed by atoms with van der Waals surface area (Å²) < 4.78 is 14.3. The van der Waals surface area contributed by atoms with Crippen LogP contribution in [0.1, 0.15) is 41.8 Å². The molecule has 1 N–H and O–H groups in total. The molecular formula is C23H27FN2O2S. The van der Waals surface area contributed by atoms with E-state index in [-0.39, 0.29) is 16.8 Å². The Labute approximate surface area is 175 Å². The fraction of sp³-hybridized carbons (Fsp3) is 0.391. The molecule has 0 aromatic heterocycles. The summed E-state index contributed by atoms with van der Waals surface area (Å²) in [4.78, 5) is 27.8. The van der Waals surface area contributed by atoms with Crippen molar-refractivity contribution < 1.29 is 14.0 Å². The maximum absolute atomic E-state index is 14.3. The number of anilines is 1. The number of nitrogens with zero attached hydrogens (tertiary/aromatic N) is 1. The van der Waals surface area contributed by atoms with Crippen molar-refractivity contribution in [1.29, 1.82) is 0 Å². The van der Waals surface area contributed by atoms with E-state index in [0.717, 1.165) is 17.5 Å². The first-order valence-electron chi connectivity index (χ1n) is 9.85. The molecule has 2 unspecified atom stereocenters. The Morgan fingerprint density at radius 1 is 1.17 bits per heavy atom. The van der Waals surface area contributed by atoms with Crippen LogP contribution >= 0.6 is 11.8 Å². The number of rotatable bonds is 5. The van der Waals surface area contributed by atoms with Gasteiger partial charge in [-0.05, 0) is 61.6 Å². The van der Waals surface area contributed by atoms with Gasteiger partial charge in [0.05, 0.1) is 10.9 Å². The van der Waals surface area contributed by atoms with Gasteiger partial charge in [0.2, 0.25) is 5.91 Å². The van der Waals surface area contributed by atoms with Gasteiger partial charge in [-0.15, -0.1) is 11.8 Å². The highest BCUT2D eigenvalue weighted by Gasteiger charge is 2.42. The van der Waals surface area contributed by atoms with E-state index in [0.29, 0.717) is 17.4 Å². The van der Waals surface area contributed by atoms with Crippen molar-refractivity contribution in [1.82, 2.24) is 4.90 Å². The average molecular weight is 415 g/mol. The van der Waals surface area contributed by atoms with Crippen LogP contribution in [0.25, 0.3) is 0 Å². The quantitative estimate of drug-likeness (QED) is 0.748. The highest BCUT2D eigenvalue weighted by Crippen LogP contribution is 2.35. The zero-order valence-electron chi connectivity index (χ0n) is 17.2. The minimum absolute atomic E-state index is 0.00716. The zero-order chi connectivity index (χ0) is 21.1. The van der Waals surface area contributed by atoms with Crippen LogP contribution in [-0.2, 0) is 4.79 Å².